The zero-order chi connectivity index (χ0) is 26.2. The summed E-state index contributed by atoms with van der Waals surface area (Å²) < 4.78 is 80.4. The van der Waals surface area contributed by atoms with Crippen LogP contribution in [-0.2, 0) is 12.4 Å². The number of benzene rings is 2. The number of rotatable bonds is 5. The maximum atomic E-state index is 13.7. The molecule has 0 saturated carbocycles. The molecule has 0 unspecified atom stereocenters. The number of halogens is 6. The standard InChI is InChI=1S/C24H22F6N2O2S/c1-14-12-32(18-9-8-15(23(25,26)27)10-17(18)24(28,29)30)20(35-14)11-22(2,3)13-31-21(34)16-6-4-5-7-19(16)33/h4-12,33H,13H2,1-3H3,(H,31,34). The lowest BCUT2D eigenvalue weighted by atomic mass is 9.93. The molecule has 0 radical (unpaired) electrons. The largest absolute Gasteiger partial charge is 0.507 e. The molecule has 0 saturated heterocycles. The van der Waals surface area contributed by atoms with Gasteiger partial charge in [0.25, 0.3) is 5.91 Å². The molecule has 0 spiro atoms. The molecule has 1 amide bonds. The Morgan fingerprint density at radius 2 is 1.71 bits per heavy atom. The Bertz CT molecular complexity index is 1190. The van der Waals surface area contributed by atoms with E-state index in [-0.39, 0.29) is 23.9 Å². The van der Waals surface area contributed by atoms with Crippen molar-refractivity contribution in [2.45, 2.75) is 33.1 Å². The Kier molecular flexibility index (Phi) is 7.21. The normalized spacial score (nSPS) is 16.0. The number of para-hydroxylation sites is 1. The second-order valence-corrected chi connectivity index (χ2v) is 9.88. The molecule has 188 valence electrons. The summed E-state index contributed by atoms with van der Waals surface area (Å²) in [6.45, 7) is 5.24. The Balaban J connectivity index is 1.91. The third-order valence-electron chi connectivity index (χ3n) is 5.07. The van der Waals surface area contributed by atoms with Gasteiger partial charge in [0.15, 0.2) is 0 Å². The monoisotopic (exact) mass is 516 g/mol. The molecule has 11 heteroatoms. The van der Waals surface area contributed by atoms with E-state index in [4.69, 9.17) is 0 Å². The minimum atomic E-state index is -5.02. The molecule has 1 aliphatic heterocycles. The van der Waals surface area contributed by atoms with Gasteiger partial charge in [-0.3, -0.25) is 4.79 Å². The lowest BCUT2D eigenvalue weighted by Gasteiger charge is -2.27. The van der Waals surface area contributed by atoms with Crippen LogP contribution in [0.25, 0.3) is 0 Å². The van der Waals surface area contributed by atoms with Crippen molar-refractivity contribution in [2.24, 2.45) is 5.41 Å². The van der Waals surface area contributed by atoms with Gasteiger partial charge in [-0.15, -0.1) is 0 Å². The van der Waals surface area contributed by atoms with Crippen molar-refractivity contribution in [2.75, 3.05) is 11.4 Å². The molecule has 2 aromatic carbocycles. The van der Waals surface area contributed by atoms with E-state index < -0.39 is 40.5 Å². The molecule has 35 heavy (non-hydrogen) atoms. The van der Waals surface area contributed by atoms with Crippen molar-refractivity contribution in [3.05, 3.63) is 81.4 Å². The van der Waals surface area contributed by atoms with E-state index >= 15 is 0 Å². The molecule has 0 bridgehead atoms. The van der Waals surface area contributed by atoms with Gasteiger partial charge in [0.1, 0.15) is 5.75 Å². The van der Waals surface area contributed by atoms with Gasteiger partial charge in [-0.1, -0.05) is 37.7 Å². The fourth-order valence-electron chi connectivity index (χ4n) is 3.38. The number of aromatic hydroxyl groups is 1. The van der Waals surface area contributed by atoms with Crippen LogP contribution in [0.3, 0.4) is 0 Å². The highest BCUT2D eigenvalue weighted by atomic mass is 32.2. The Labute approximate surface area is 202 Å². The highest BCUT2D eigenvalue weighted by Crippen LogP contribution is 2.47. The van der Waals surface area contributed by atoms with E-state index in [2.05, 4.69) is 5.32 Å². The first-order chi connectivity index (χ1) is 16.1. The molecule has 4 nitrogen and oxygen atoms in total. The van der Waals surface area contributed by atoms with Crippen LogP contribution in [0.1, 0.15) is 42.3 Å². The third-order valence-corrected chi connectivity index (χ3v) is 6.02. The molecule has 1 aliphatic rings. The van der Waals surface area contributed by atoms with E-state index in [0.29, 0.717) is 16.0 Å². The summed E-state index contributed by atoms with van der Waals surface area (Å²) in [7, 11) is 0. The molecular formula is C24H22F6N2O2S. The highest BCUT2D eigenvalue weighted by Gasteiger charge is 2.40. The summed E-state index contributed by atoms with van der Waals surface area (Å²) in [5.41, 5.74) is -3.92. The molecule has 1 heterocycles. The smallest absolute Gasteiger partial charge is 0.418 e. The number of allylic oxidation sites excluding steroid dienone is 1. The van der Waals surface area contributed by atoms with Crippen molar-refractivity contribution in [1.29, 1.82) is 0 Å². The molecular weight excluding hydrogens is 494 g/mol. The molecule has 0 aliphatic carbocycles. The maximum Gasteiger partial charge on any atom is 0.418 e. The summed E-state index contributed by atoms with van der Waals surface area (Å²) in [5.74, 6) is -0.720. The van der Waals surface area contributed by atoms with E-state index in [0.717, 1.165) is 17.8 Å². The van der Waals surface area contributed by atoms with Crippen LogP contribution in [0.4, 0.5) is 32.0 Å². The number of phenols is 1. The van der Waals surface area contributed by atoms with Crippen molar-refractivity contribution in [3.8, 4) is 5.75 Å². The van der Waals surface area contributed by atoms with E-state index in [1.165, 1.54) is 23.2 Å². The lowest BCUT2D eigenvalue weighted by molar-refractivity contribution is -0.142. The Morgan fingerprint density at radius 3 is 2.31 bits per heavy atom. The number of thioether (sulfide) groups is 1. The average Bonchev–Trinajstić information content (AvgIpc) is 3.09. The van der Waals surface area contributed by atoms with Crippen LogP contribution in [0.2, 0.25) is 0 Å². The molecule has 0 fully saturated rings. The summed E-state index contributed by atoms with van der Waals surface area (Å²) in [6, 6.07) is 7.50. The second kappa shape index (κ2) is 9.52. The van der Waals surface area contributed by atoms with Gasteiger partial charge in [0.05, 0.1) is 27.4 Å². The Hall–Kier alpha value is -3.08. The summed E-state index contributed by atoms with van der Waals surface area (Å²) in [5, 5.41) is 12.9. The zero-order valence-corrected chi connectivity index (χ0v) is 19.7. The number of carbonyl (C=O) groups is 1. The number of carbonyl (C=O) groups excluding carboxylic acids is 1. The van der Waals surface area contributed by atoms with E-state index in [9.17, 15) is 36.2 Å². The predicted octanol–water partition coefficient (Wildman–Crippen LogP) is 7.14. The number of hydrogen-bond acceptors (Lipinski definition) is 4. The Morgan fingerprint density at radius 1 is 1.06 bits per heavy atom. The van der Waals surface area contributed by atoms with E-state index in [1.807, 2.05) is 0 Å². The van der Waals surface area contributed by atoms with Crippen LogP contribution in [0.15, 0.2) is 64.7 Å². The number of nitrogens with zero attached hydrogens (tertiary/aromatic N) is 1. The van der Waals surface area contributed by atoms with Crippen LogP contribution >= 0.6 is 11.8 Å². The van der Waals surface area contributed by atoms with Crippen LogP contribution in [0.5, 0.6) is 5.75 Å². The van der Waals surface area contributed by atoms with Crippen molar-refractivity contribution in [1.82, 2.24) is 5.32 Å². The van der Waals surface area contributed by atoms with Crippen molar-refractivity contribution in [3.63, 3.8) is 0 Å². The van der Waals surface area contributed by atoms with Gasteiger partial charge < -0.3 is 15.3 Å². The lowest BCUT2D eigenvalue weighted by Crippen LogP contribution is -2.33. The fourth-order valence-corrected chi connectivity index (χ4v) is 4.49. The predicted molar refractivity (Wildman–Crippen MR) is 123 cm³/mol. The summed E-state index contributed by atoms with van der Waals surface area (Å²) in [4.78, 5) is 14.3. The number of phenolic OH excluding ortho intramolecular Hbond substituents is 1. The third kappa shape index (κ3) is 6.33. The van der Waals surface area contributed by atoms with Gasteiger partial charge in [0, 0.05) is 23.1 Å². The molecule has 3 rings (SSSR count). The number of alkyl halides is 6. The molecule has 0 aromatic heterocycles. The van der Waals surface area contributed by atoms with Gasteiger partial charge >= 0.3 is 12.4 Å². The van der Waals surface area contributed by atoms with Crippen molar-refractivity contribution < 1.29 is 36.2 Å². The van der Waals surface area contributed by atoms with Crippen LogP contribution in [0, 0.1) is 5.41 Å². The SMILES string of the molecule is CC1=CN(c2ccc(C(F)(F)F)cc2C(F)(F)F)C(=CC(C)(C)CNC(=O)c2ccccc2O)S1. The first-order valence-corrected chi connectivity index (χ1v) is 11.1. The minimum absolute atomic E-state index is 0.0740. The van der Waals surface area contributed by atoms with Crippen LogP contribution in [-0.4, -0.2) is 17.6 Å². The quantitative estimate of drug-likeness (QED) is 0.415. The van der Waals surface area contributed by atoms with Crippen LogP contribution < -0.4 is 10.2 Å². The first kappa shape index (κ1) is 26.5. The zero-order valence-electron chi connectivity index (χ0n) is 18.9. The van der Waals surface area contributed by atoms with Crippen molar-refractivity contribution >= 4 is 23.4 Å². The number of amides is 1. The number of hydrogen-bond donors (Lipinski definition) is 2. The number of anilines is 1. The van der Waals surface area contributed by atoms with Gasteiger partial charge in [-0.25, -0.2) is 0 Å². The van der Waals surface area contributed by atoms with Gasteiger partial charge in [-0.2, -0.15) is 26.3 Å². The average molecular weight is 517 g/mol. The fraction of sp³-hybridized carbons (Fsp3) is 0.292. The maximum absolute atomic E-state index is 13.7. The van der Waals surface area contributed by atoms with Gasteiger partial charge in [0.2, 0.25) is 0 Å². The summed E-state index contributed by atoms with van der Waals surface area (Å²) in [6.07, 6.45) is -6.87. The summed E-state index contributed by atoms with van der Waals surface area (Å²) >= 11 is 1.16. The topological polar surface area (TPSA) is 52.6 Å². The first-order valence-electron chi connectivity index (χ1n) is 10.3. The highest BCUT2D eigenvalue weighted by molar-refractivity contribution is 8.07. The minimum Gasteiger partial charge on any atom is -0.507 e. The molecule has 2 N–H and O–H groups in total. The molecule has 0 atom stereocenters. The molecule has 2 aromatic rings. The van der Waals surface area contributed by atoms with E-state index in [1.54, 1.807) is 39.0 Å². The second-order valence-electron chi connectivity index (χ2n) is 8.61. The van der Waals surface area contributed by atoms with Gasteiger partial charge in [-0.05, 0) is 43.3 Å². The number of nitrogens with one attached hydrogen (secondary N) is 1.